The highest BCUT2D eigenvalue weighted by Crippen LogP contribution is 2.25. The summed E-state index contributed by atoms with van der Waals surface area (Å²) in [5.41, 5.74) is 3.78. The van der Waals surface area contributed by atoms with E-state index in [4.69, 9.17) is 0 Å². The van der Waals surface area contributed by atoms with Gasteiger partial charge in [0.05, 0.1) is 17.5 Å². The highest BCUT2D eigenvalue weighted by Gasteiger charge is 2.14. The van der Waals surface area contributed by atoms with Crippen LogP contribution in [-0.2, 0) is 0 Å². The van der Waals surface area contributed by atoms with Crippen molar-refractivity contribution in [2.24, 2.45) is 0 Å². The van der Waals surface area contributed by atoms with E-state index in [1.54, 1.807) is 6.20 Å². The Hall–Kier alpha value is -1.90. The summed E-state index contributed by atoms with van der Waals surface area (Å²) in [7, 11) is 0. The molecular weight excluding hydrogens is 212 g/mol. The van der Waals surface area contributed by atoms with E-state index in [-0.39, 0.29) is 6.04 Å². The molecule has 0 aliphatic carbocycles. The smallest absolute Gasteiger partial charge is 0.153 e. The van der Waals surface area contributed by atoms with E-state index in [0.717, 1.165) is 17.5 Å². The van der Waals surface area contributed by atoms with Crippen molar-refractivity contribution in [1.29, 1.82) is 0 Å². The molecule has 17 heavy (non-hydrogen) atoms. The molecule has 88 valence electrons. The summed E-state index contributed by atoms with van der Waals surface area (Å²) < 4.78 is 1.88. The maximum atomic E-state index is 11.1. The highest BCUT2D eigenvalue weighted by atomic mass is 16.1. The summed E-state index contributed by atoms with van der Waals surface area (Å²) >= 11 is 0. The van der Waals surface area contributed by atoms with Gasteiger partial charge in [-0.3, -0.25) is 9.48 Å². The number of hydrogen-bond acceptors (Lipinski definition) is 2. The Balaban J connectivity index is 2.59. The third-order valence-corrected chi connectivity index (χ3v) is 2.76. The van der Waals surface area contributed by atoms with E-state index in [9.17, 15) is 4.79 Å². The first-order valence-electron chi connectivity index (χ1n) is 5.73. The van der Waals surface area contributed by atoms with Crippen LogP contribution in [0.1, 0.15) is 35.8 Å². The maximum Gasteiger partial charge on any atom is 0.153 e. The summed E-state index contributed by atoms with van der Waals surface area (Å²) in [6, 6.07) is 8.37. The Labute approximate surface area is 101 Å². The number of hydrogen-bond donors (Lipinski definition) is 0. The Bertz CT molecular complexity index is 524. The van der Waals surface area contributed by atoms with Crippen LogP contribution in [0.5, 0.6) is 0 Å². The summed E-state index contributed by atoms with van der Waals surface area (Å²) in [4.78, 5) is 11.1. The normalized spacial score (nSPS) is 10.8. The molecule has 0 fully saturated rings. The first-order valence-corrected chi connectivity index (χ1v) is 5.73. The number of rotatable bonds is 3. The number of aromatic nitrogens is 2. The fraction of sp³-hybridized carbons (Fsp3) is 0.286. The van der Waals surface area contributed by atoms with E-state index >= 15 is 0 Å². The quantitative estimate of drug-likeness (QED) is 0.756. The first-order chi connectivity index (χ1) is 8.13. The van der Waals surface area contributed by atoms with Crippen molar-refractivity contribution in [3.8, 4) is 11.3 Å². The van der Waals surface area contributed by atoms with Gasteiger partial charge in [-0.1, -0.05) is 29.8 Å². The van der Waals surface area contributed by atoms with Crippen molar-refractivity contribution in [3.05, 3.63) is 41.6 Å². The molecule has 0 spiro atoms. The van der Waals surface area contributed by atoms with Crippen LogP contribution in [-0.4, -0.2) is 16.1 Å². The average molecular weight is 228 g/mol. The molecule has 0 atom stereocenters. The van der Waals surface area contributed by atoms with Crippen LogP contribution in [0.15, 0.2) is 30.5 Å². The molecule has 1 aromatic carbocycles. The molecule has 0 amide bonds. The van der Waals surface area contributed by atoms with E-state index in [1.807, 2.05) is 35.9 Å². The second-order valence-electron chi connectivity index (χ2n) is 4.47. The number of aldehydes is 1. The van der Waals surface area contributed by atoms with Gasteiger partial charge in [-0.25, -0.2) is 0 Å². The van der Waals surface area contributed by atoms with Crippen LogP contribution < -0.4 is 0 Å². The second kappa shape index (κ2) is 4.53. The zero-order valence-corrected chi connectivity index (χ0v) is 10.3. The monoisotopic (exact) mass is 228 g/mol. The molecular formula is C14H16N2O. The molecule has 1 aromatic heterocycles. The van der Waals surface area contributed by atoms with Crippen molar-refractivity contribution < 1.29 is 4.79 Å². The van der Waals surface area contributed by atoms with E-state index in [0.29, 0.717) is 5.56 Å². The molecule has 0 radical (unpaired) electrons. The minimum atomic E-state index is 0.236. The predicted octanol–water partition coefficient (Wildman–Crippen LogP) is 3.25. The molecule has 0 N–H and O–H groups in total. The van der Waals surface area contributed by atoms with E-state index < -0.39 is 0 Å². The van der Waals surface area contributed by atoms with Crippen LogP contribution in [0.25, 0.3) is 11.3 Å². The van der Waals surface area contributed by atoms with Gasteiger partial charge in [0, 0.05) is 11.6 Å². The van der Waals surface area contributed by atoms with E-state index in [2.05, 4.69) is 18.9 Å². The van der Waals surface area contributed by atoms with Crippen molar-refractivity contribution >= 4 is 6.29 Å². The third-order valence-electron chi connectivity index (χ3n) is 2.76. The van der Waals surface area contributed by atoms with Crippen LogP contribution in [0, 0.1) is 6.92 Å². The van der Waals surface area contributed by atoms with Gasteiger partial charge in [0.2, 0.25) is 0 Å². The van der Waals surface area contributed by atoms with E-state index in [1.165, 1.54) is 5.56 Å². The van der Waals surface area contributed by atoms with Gasteiger partial charge in [0.15, 0.2) is 6.29 Å². The summed E-state index contributed by atoms with van der Waals surface area (Å²) in [6.07, 6.45) is 2.49. The molecule has 3 heteroatoms. The van der Waals surface area contributed by atoms with Crippen molar-refractivity contribution in [2.75, 3.05) is 0 Å². The van der Waals surface area contributed by atoms with Gasteiger partial charge in [-0.2, -0.15) is 5.10 Å². The molecule has 0 aliphatic rings. The Morgan fingerprint density at radius 1 is 1.24 bits per heavy atom. The largest absolute Gasteiger partial charge is 0.298 e. The summed E-state index contributed by atoms with van der Waals surface area (Å²) in [5, 5.41) is 4.27. The van der Waals surface area contributed by atoms with Crippen LogP contribution in [0.3, 0.4) is 0 Å². The topological polar surface area (TPSA) is 34.9 Å². The fourth-order valence-electron chi connectivity index (χ4n) is 1.86. The third kappa shape index (κ3) is 2.13. The molecule has 0 saturated heterocycles. The Morgan fingerprint density at radius 2 is 1.88 bits per heavy atom. The lowest BCUT2D eigenvalue weighted by atomic mass is 10.1. The molecule has 2 rings (SSSR count). The maximum absolute atomic E-state index is 11.1. The number of carbonyl (C=O) groups is 1. The molecule has 2 aromatic rings. The van der Waals surface area contributed by atoms with Crippen LogP contribution in [0.4, 0.5) is 0 Å². The van der Waals surface area contributed by atoms with Gasteiger partial charge in [-0.05, 0) is 20.8 Å². The SMILES string of the molecule is Cc1ccc(-c2c(C=O)cnn2C(C)C)cc1. The lowest BCUT2D eigenvalue weighted by molar-refractivity contribution is 0.112. The molecule has 0 unspecified atom stereocenters. The molecule has 0 aliphatic heterocycles. The Kier molecular flexibility index (Phi) is 3.09. The van der Waals surface area contributed by atoms with Gasteiger partial charge >= 0.3 is 0 Å². The molecule has 3 nitrogen and oxygen atoms in total. The zero-order valence-electron chi connectivity index (χ0n) is 10.3. The lowest BCUT2D eigenvalue weighted by Crippen LogP contribution is -2.05. The van der Waals surface area contributed by atoms with Gasteiger partial charge < -0.3 is 0 Å². The summed E-state index contributed by atoms with van der Waals surface area (Å²) in [6.45, 7) is 6.16. The van der Waals surface area contributed by atoms with Crippen LogP contribution in [0.2, 0.25) is 0 Å². The van der Waals surface area contributed by atoms with Crippen molar-refractivity contribution in [3.63, 3.8) is 0 Å². The predicted molar refractivity (Wildman–Crippen MR) is 68.2 cm³/mol. The fourth-order valence-corrected chi connectivity index (χ4v) is 1.86. The minimum Gasteiger partial charge on any atom is -0.298 e. The van der Waals surface area contributed by atoms with Crippen molar-refractivity contribution in [1.82, 2.24) is 9.78 Å². The minimum absolute atomic E-state index is 0.236. The number of aryl methyl sites for hydroxylation is 1. The Morgan fingerprint density at radius 3 is 2.41 bits per heavy atom. The van der Waals surface area contributed by atoms with Crippen LogP contribution >= 0.6 is 0 Å². The van der Waals surface area contributed by atoms with Crippen molar-refractivity contribution in [2.45, 2.75) is 26.8 Å². The van der Waals surface area contributed by atoms with Gasteiger partial charge in [0.1, 0.15) is 0 Å². The average Bonchev–Trinajstić information content (AvgIpc) is 2.73. The molecule has 0 bridgehead atoms. The number of nitrogens with zero attached hydrogens (tertiary/aromatic N) is 2. The van der Waals surface area contributed by atoms with Gasteiger partial charge in [-0.15, -0.1) is 0 Å². The van der Waals surface area contributed by atoms with Gasteiger partial charge in [0.25, 0.3) is 0 Å². The molecule has 0 saturated carbocycles. The summed E-state index contributed by atoms with van der Waals surface area (Å²) in [5.74, 6) is 0. The second-order valence-corrected chi connectivity index (χ2v) is 4.47. The zero-order chi connectivity index (χ0) is 12.4. The number of carbonyl (C=O) groups excluding carboxylic acids is 1. The first kappa shape index (κ1) is 11.6. The standard InChI is InChI=1S/C14H16N2O/c1-10(2)16-14(13(9-17)8-15-16)12-6-4-11(3)5-7-12/h4-10H,1-3H3. The lowest BCUT2D eigenvalue weighted by Gasteiger charge is -2.11. The number of benzene rings is 1. The highest BCUT2D eigenvalue weighted by molar-refractivity contribution is 5.85. The molecule has 1 heterocycles.